The summed E-state index contributed by atoms with van der Waals surface area (Å²) in [5.41, 5.74) is 2.30. The number of anilines is 1. The van der Waals surface area contributed by atoms with E-state index in [1.54, 1.807) is 6.92 Å². The van der Waals surface area contributed by atoms with Gasteiger partial charge in [0, 0.05) is 0 Å². The molecule has 0 radical (unpaired) electrons. The van der Waals surface area contributed by atoms with E-state index in [2.05, 4.69) is 60.2 Å². The summed E-state index contributed by atoms with van der Waals surface area (Å²) in [5, 5.41) is 6.91. The van der Waals surface area contributed by atoms with Gasteiger partial charge in [0.1, 0.15) is 0 Å². The zero-order valence-corrected chi connectivity index (χ0v) is 17.3. The van der Waals surface area contributed by atoms with E-state index in [1.165, 1.54) is 5.56 Å². The Kier molecular flexibility index (Phi) is 5.92. The Labute approximate surface area is 162 Å². The van der Waals surface area contributed by atoms with Crippen molar-refractivity contribution in [2.24, 2.45) is 5.10 Å². The minimum absolute atomic E-state index is 0.0729. The molecule has 5 heteroatoms. The van der Waals surface area contributed by atoms with Crippen LogP contribution in [0.25, 0.3) is 0 Å². The molecular weight excluding hydrogens is 389 g/mol. The Morgan fingerprint density at radius 1 is 1.04 bits per heavy atom. The molecule has 0 saturated heterocycles. The first-order valence-electron chi connectivity index (χ1n) is 9.03. The average molecular weight is 414 g/mol. The molecule has 0 aliphatic carbocycles. The number of hydrazone groups is 1. The van der Waals surface area contributed by atoms with E-state index >= 15 is 0 Å². The number of para-hydroxylation sites is 1. The van der Waals surface area contributed by atoms with Crippen LogP contribution in [0.4, 0.5) is 5.69 Å². The molecule has 3 rings (SSSR count). The number of Topliss-reactive ketones (excluding diaryl/α,β-unsaturated/α-hetero) is 1. The second-order valence-corrected chi connectivity index (χ2v) is 8.90. The van der Waals surface area contributed by atoms with Gasteiger partial charge in [0.05, 0.1) is 0 Å². The van der Waals surface area contributed by atoms with Crippen molar-refractivity contribution in [3.63, 3.8) is 0 Å². The summed E-state index contributed by atoms with van der Waals surface area (Å²) in [6.07, 6.45) is 0.838. The zero-order valence-electron chi connectivity index (χ0n) is 15.6. The van der Waals surface area contributed by atoms with Crippen LogP contribution in [0.1, 0.15) is 26.3 Å². The van der Waals surface area contributed by atoms with Gasteiger partial charge in [-0.05, 0) is 0 Å². The normalized spacial score (nSPS) is 19.7. The van der Waals surface area contributed by atoms with Crippen LogP contribution in [0.2, 0.25) is 0 Å². The molecule has 136 valence electrons. The van der Waals surface area contributed by atoms with Crippen LogP contribution < -0.4 is 5.01 Å². The number of likely N-dealkylation sites (N-methyl/N-ethyl adjacent to an activating group) is 1. The van der Waals surface area contributed by atoms with Crippen molar-refractivity contribution in [2.75, 3.05) is 18.1 Å². The summed E-state index contributed by atoms with van der Waals surface area (Å²) >= 11 is -0.0729. The number of hydrogen-bond donors (Lipinski definition) is 0. The van der Waals surface area contributed by atoms with Gasteiger partial charge in [-0.1, -0.05) is 0 Å². The van der Waals surface area contributed by atoms with Crippen LogP contribution in [-0.2, 0) is 11.2 Å². The molecule has 2 aromatic carbocycles. The van der Waals surface area contributed by atoms with Gasteiger partial charge in [0.2, 0.25) is 0 Å². The third-order valence-electron chi connectivity index (χ3n) is 4.62. The number of rotatable bonds is 7. The molecule has 1 unspecified atom stereocenters. The van der Waals surface area contributed by atoms with Gasteiger partial charge < -0.3 is 0 Å². The Balaban J connectivity index is 2.11. The quantitative estimate of drug-likeness (QED) is 0.652. The first-order valence-corrected chi connectivity index (χ1v) is 10.7. The van der Waals surface area contributed by atoms with Gasteiger partial charge in [-0.2, -0.15) is 0 Å². The molecule has 1 aliphatic rings. The molecule has 0 bridgehead atoms. The summed E-state index contributed by atoms with van der Waals surface area (Å²) < 4.78 is 0.407. The van der Waals surface area contributed by atoms with Crippen LogP contribution in [0.15, 0.2) is 65.8 Å². The predicted octanol–water partition coefficient (Wildman–Crippen LogP) is 3.35. The molecule has 1 heterocycles. The first kappa shape index (κ1) is 18.8. The van der Waals surface area contributed by atoms with E-state index in [0.29, 0.717) is 4.61 Å². The fraction of sp³-hybridized carbons (Fsp3) is 0.333. The molecule has 0 N–H and O–H groups in total. The molecule has 1 aliphatic heterocycles. The third kappa shape index (κ3) is 3.61. The molecule has 0 spiro atoms. The molecule has 26 heavy (non-hydrogen) atoms. The maximum absolute atomic E-state index is 12.2. The number of carbonyl (C=O) groups excluding carboxylic acids is 1. The molecule has 1 atom stereocenters. The number of benzene rings is 2. The molecule has 4 nitrogen and oxygen atoms in total. The van der Waals surface area contributed by atoms with Gasteiger partial charge in [0.15, 0.2) is 0 Å². The topological polar surface area (TPSA) is 35.9 Å². The fourth-order valence-corrected chi connectivity index (χ4v) is 6.37. The van der Waals surface area contributed by atoms with E-state index in [1.807, 2.05) is 24.3 Å². The van der Waals surface area contributed by atoms with Crippen LogP contribution >= 0.6 is 0 Å². The van der Waals surface area contributed by atoms with Crippen molar-refractivity contribution in [3.8, 4) is 0 Å². The summed E-state index contributed by atoms with van der Waals surface area (Å²) in [4.78, 5) is 14.7. The van der Waals surface area contributed by atoms with E-state index in [0.717, 1.165) is 25.2 Å². The van der Waals surface area contributed by atoms with Crippen molar-refractivity contribution in [3.05, 3.63) is 66.2 Å². The molecule has 2 aromatic rings. The second kappa shape index (κ2) is 8.17. The predicted molar refractivity (Wildman–Crippen MR) is 109 cm³/mol. The Bertz CT molecular complexity index is 774. The standard InChI is InChI=1S/C21H25N3OSe/c1-4-23(5-2)21(16-18-12-8-6-9-13-18)24(19-14-10-7-11-15-19)22-20(26-21)17(3)25/h6-15H,4-5,16H2,1-3H3. The van der Waals surface area contributed by atoms with Gasteiger partial charge in [-0.15, -0.1) is 0 Å². The van der Waals surface area contributed by atoms with Crippen LogP contribution in [0, 0.1) is 0 Å². The first-order chi connectivity index (χ1) is 12.6. The van der Waals surface area contributed by atoms with Gasteiger partial charge in [0.25, 0.3) is 0 Å². The van der Waals surface area contributed by atoms with Crippen LogP contribution in [-0.4, -0.2) is 47.9 Å². The number of nitrogens with zero attached hydrogens (tertiary/aromatic N) is 3. The van der Waals surface area contributed by atoms with Crippen LogP contribution in [0.3, 0.4) is 0 Å². The van der Waals surface area contributed by atoms with Crippen molar-refractivity contribution < 1.29 is 4.79 Å². The molecular formula is C21H25N3OSe. The molecule has 0 fully saturated rings. The summed E-state index contributed by atoms with van der Waals surface area (Å²) in [6, 6.07) is 20.7. The Hall–Kier alpha value is -1.94. The molecule has 0 amide bonds. The monoisotopic (exact) mass is 415 g/mol. The Morgan fingerprint density at radius 3 is 2.15 bits per heavy atom. The van der Waals surface area contributed by atoms with Crippen molar-refractivity contribution in [1.82, 2.24) is 4.90 Å². The molecule has 0 saturated carbocycles. The molecule has 0 aromatic heterocycles. The van der Waals surface area contributed by atoms with Crippen molar-refractivity contribution in [1.29, 1.82) is 0 Å². The number of hydrogen-bond acceptors (Lipinski definition) is 4. The van der Waals surface area contributed by atoms with Crippen LogP contribution in [0.5, 0.6) is 0 Å². The van der Waals surface area contributed by atoms with Gasteiger partial charge >= 0.3 is 162 Å². The third-order valence-corrected chi connectivity index (χ3v) is 7.69. The summed E-state index contributed by atoms with van der Waals surface area (Å²) in [6.45, 7) is 7.82. The van der Waals surface area contributed by atoms with E-state index in [9.17, 15) is 4.79 Å². The minimum atomic E-state index is -0.305. The summed E-state index contributed by atoms with van der Waals surface area (Å²) in [7, 11) is 0. The van der Waals surface area contributed by atoms with E-state index in [4.69, 9.17) is 5.10 Å². The fourth-order valence-electron chi connectivity index (χ4n) is 3.36. The van der Waals surface area contributed by atoms with Crippen molar-refractivity contribution in [2.45, 2.75) is 31.8 Å². The number of ketones is 1. The van der Waals surface area contributed by atoms with Gasteiger partial charge in [-0.3, -0.25) is 0 Å². The Morgan fingerprint density at radius 2 is 1.62 bits per heavy atom. The SMILES string of the molecule is CCN(CC)C1(Cc2ccccc2)[Se]C(C(C)=O)=NN1c1ccccc1. The van der Waals surface area contributed by atoms with E-state index in [-0.39, 0.29) is 25.3 Å². The second-order valence-electron chi connectivity index (χ2n) is 6.29. The van der Waals surface area contributed by atoms with Crippen molar-refractivity contribution >= 4 is 31.0 Å². The average Bonchev–Trinajstić information content (AvgIpc) is 3.05. The van der Waals surface area contributed by atoms with E-state index < -0.39 is 0 Å². The van der Waals surface area contributed by atoms with Gasteiger partial charge in [-0.25, -0.2) is 0 Å². The number of carbonyl (C=O) groups is 1. The summed E-state index contributed by atoms with van der Waals surface area (Å²) in [5.74, 6) is 0.0769. The zero-order chi connectivity index (χ0) is 18.6. The maximum atomic E-state index is 12.2.